The van der Waals surface area contributed by atoms with E-state index in [2.05, 4.69) is 11.9 Å². The molecule has 0 bridgehead atoms. The van der Waals surface area contributed by atoms with E-state index in [0.717, 1.165) is 0 Å². The summed E-state index contributed by atoms with van der Waals surface area (Å²) in [5.41, 5.74) is 0.656. The van der Waals surface area contributed by atoms with Gasteiger partial charge in [0.25, 0.3) is 0 Å². The Labute approximate surface area is 127 Å². The van der Waals surface area contributed by atoms with Gasteiger partial charge in [-0.05, 0) is 18.2 Å². The molecule has 1 unspecified atom stereocenters. The molecule has 2 amide bonds. The standard InChI is InChI=1S/C14H14Cl2N2O2/c1-2-5-17-14(20)9-6-13(19)18(8-9)10-3-4-11(15)12(16)7-10/h2-4,7,9H,1,5-6,8H2,(H,17,20). The van der Waals surface area contributed by atoms with Crippen molar-refractivity contribution >= 4 is 40.7 Å². The third-order valence-corrected chi connectivity index (χ3v) is 3.87. The van der Waals surface area contributed by atoms with Crippen molar-refractivity contribution < 1.29 is 9.59 Å². The molecule has 1 aromatic carbocycles. The molecule has 6 heteroatoms. The van der Waals surface area contributed by atoms with Crippen LogP contribution in [0, 0.1) is 5.92 Å². The van der Waals surface area contributed by atoms with E-state index in [4.69, 9.17) is 23.2 Å². The smallest absolute Gasteiger partial charge is 0.227 e. The third-order valence-electron chi connectivity index (χ3n) is 3.13. The van der Waals surface area contributed by atoms with Gasteiger partial charge in [-0.25, -0.2) is 0 Å². The summed E-state index contributed by atoms with van der Waals surface area (Å²) in [7, 11) is 0. The molecule has 0 spiro atoms. The van der Waals surface area contributed by atoms with Crippen LogP contribution >= 0.6 is 23.2 Å². The van der Waals surface area contributed by atoms with Crippen molar-refractivity contribution in [1.82, 2.24) is 5.32 Å². The number of hydrogen-bond acceptors (Lipinski definition) is 2. The van der Waals surface area contributed by atoms with E-state index in [0.29, 0.717) is 28.8 Å². The summed E-state index contributed by atoms with van der Waals surface area (Å²) in [6.07, 6.45) is 1.80. The number of rotatable bonds is 4. The zero-order chi connectivity index (χ0) is 14.7. The predicted octanol–water partition coefficient (Wildman–Crippen LogP) is 2.65. The number of nitrogens with zero attached hydrogens (tertiary/aromatic N) is 1. The first-order valence-electron chi connectivity index (χ1n) is 6.17. The lowest BCUT2D eigenvalue weighted by atomic mass is 10.1. The minimum atomic E-state index is -0.350. The fraction of sp³-hybridized carbons (Fsp3) is 0.286. The van der Waals surface area contributed by atoms with Gasteiger partial charge in [0, 0.05) is 25.2 Å². The highest BCUT2D eigenvalue weighted by Crippen LogP contribution is 2.30. The van der Waals surface area contributed by atoms with E-state index < -0.39 is 0 Å². The van der Waals surface area contributed by atoms with Crippen molar-refractivity contribution in [2.75, 3.05) is 18.0 Å². The van der Waals surface area contributed by atoms with Gasteiger partial charge in [-0.15, -0.1) is 6.58 Å². The summed E-state index contributed by atoms with van der Waals surface area (Å²) in [6, 6.07) is 4.99. The van der Waals surface area contributed by atoms with Crippen LogP contribution in [0.25, 0.3) is 0 Å². The Morgan fingerprint density at radius 2 is 2.20 bits per heavy atom. The quantitative estimate of drug-likeness (QED) is 0.869. The van der Waals surface area contributed by atoms with Gasteiger partial charge >= 0.3 is 0 Å². The fourth-order valence-electron chi connectivity index (χ4n) is 2.10. The number of anilines is 1. The van der Waals surface area contributed by atoms with Crippen molar-refractivity contribution in [3.63, 3.8) is 0 Å². The Kier molecular flexibility index (Phi) is 4.68. The molecule has 1 aliphatic heterocycles. The van der Waals surface area contributed by atoms with E-state index in [1.165, 1.54) is 0 Å². The first kappa shape index (κ1) is 14.9. The first-order valence-corrected chi connectivity index (χ1v) is 6.92. The molecule has 1 atom stereocenters. The van der Waals surface area contributed by atoms with Gasteiger partial charge in [-0.1, -0.05) is 29.3 Å². The third kappa shape index (κ3) is 3.14. The number of carbonyl (C=O) groups is 2. The van der Waals surface area contributed by atoms with Crippen LogP contribution in [0.4, 0.5) is 5.69 Å². The monoisotopic (exact) mass is 312 g/mol. The van der Waals surface area contributed by atoms with Gasteiger partial charge in [0.1, 0.15) is 0 Å². The van der Waals surface area contributed by atoms with Gasteiger partial charge in [0.2, 0.25) is 11.8 Å². The summed E-state index contributed by atoms with van der Waals surface area (Å²) in [6.45, 7) is 4.28. The Morgan fingerprint density at radius 1 is 1.45 bits per heavy atom. The normalized spacial score (nSPS) is 18.2. The number of hydrogen-bond donors (Lipinski definition) is 1. The second-order valence-corrected chi connectivity index (χ2v) is 5.35. The zero-order valence-corrected chi connectivity index (χ0v) is 12.2. The number of benzene rings is 1. The van der Waals surface area contributed by atoms with Crippen LogP contribution in [0.1, 0.15) is 6.42 Å². The molecule has 2 rings (SSSR count). The predicted molar refractivity (Wildman–Crippen MR) is 80.1 cm³/mol. The molecule has 0 radical (unpaired) electrons. The van der Waals surface area contributed by atoms with E-state index in [9.17, 15) is 9.59 Å². The maximum Gasteiger partial charge on any atom is 0.227 e. The number of nitrogens with one attached hydrogen (secondary N) is 1. The van der Waals surface area contributed by atoms with Gasteiger partial charge in [0.15, 0.2) is 0 Å². The minimum Gasteiger partial charge on any atom is -0.352 e. The van der Waals surface area contributed by atoms with Crippen LogP contribution < -0.4 is 10.2 Å². The summed E-state index contributed by atoms with van der Waals surface area (Å²) in [4.78, 5) is 25.4. The molecule has 1 saturated heterocycles. The second kappa shape index (κ2) is 6.29. The molecule has 4 nitrogen and oxygen atoms in total. The lowest BCUT2D eigenvalue weighted by Gasteiger charge is -2.17. The van der Waals surface area contributed by atoms with Crippen LogP contribution in [0.2, 0.25) is 10.0 Å². The van der Waals surface area contributed by atoms with Crippen LogP contribution in [0.5, 0.6) is 0 Å². The summed E-state index contributed by atoms with van der Waals surface area (Å²) < 4.78 is 0. The first-order chi connectivity index (χ1) is 9.52. The molecule has 1 heterocycles. The van der Waals surface area contributed by atoms with E-state index in [1.54, 1.807) is 29.2 Å². The highest BCUT2D eigenvalue weighted by Gasteiger charge is 2.35. The van der Waals surface area contributed by atoms with E-state index in [-0.39, 0.29) is 24.2 Å². The summed E-state index contributed by atoms with van der Waals surface area (Å²) in [5, 5.41) is 3.52. The van der Waals surface area contributed by atoms with Gasteiger partial charge < -0.3 is 10.2 Å². The molecule has 0 saturated carbocycles. The molecular weight excluding hydrogens is 299 g/mol. The lowest BCUT2D eigenvalue weighted by molar-refractivity contribution is -0.126. The molecule has 1 fully saturated rings. The highest BCUT2D eigenvalue weighted by molar-refractivity contribution is 6.42. The summed E-state index contributed by atoms with van der Waals surface area (Å²) in [5.74, 6) is -0.583. The molecule has 1 aliphatic rings. The minimum absolute atomic E-state index is 0.0952. The SMILES string of the molecule is C=CCNC(=O)C1CC(=O)N(c2ccc(Cl)c(Cl)c2)C1. The zero-order valence-electron chi connectivity index (χ0n) is 10.7. The van der Waals surface area contributed by atoms with Crippen molar-refractivity contribution in [3.05, 3.63) is 40.9 Å². The largest absolute Gasteiger partial charge is 0.352 e. The second-order valence-electron chi connectivity index (χ2n) is 4.54. The Balaban J connectivity index is 2.10. The Bertz CT molecular complexity index is 560. The van der Waals surface area contributed by atoms with Gasteiger partial charge in [0.05, 0.1) is 16.0 Å². The molecule has 106 valence electrons. The van der Waals surface area contributed by atoms with Crippen molar-refractivity contribution in [2.45, 2.75) is 6.42 Å². The topological polar surface area (TPSA) is 49.4 Å². The molecule has 1 N–H and O–H groups in total. The van der Waals surface area contributed by atoms with Crippen LogP contribution in [0.3, 0.4) is 0 Å². The van der Waals surface area contributed by atoms with Gasteiger partial charge in [-0.2, -0.15) is 0 Å². The average molecular weight is 313 g/mol. The van der Waals surface area contributed by atoms with Gasteiger partial charge in [-0.3, -0.25) is 9.59 Å². The number of carbonyl (C=O) groups excluding carboxylic acids is 2. The van der Waals surface area contributed by atoms with Crippen molar-refractivity contribution in [1.29, 1.82) is 0 Å². The maximum atomic E-state index is 12.0. The van der Waals surface area contributed by atoms with Crippen molar-refractivity contribution in [2.24, 2.45) is 5.92 Å². The molecule has 1 aromatic rings. The van der Waals surface area contributed by atoms with E-state index in [1.807, 2.05) is 0 Å². The molecular formula is C14H14Cl2N2O2. The van der Waals surface area contributed by atoms with E-state index >= 15 is 0 Å². The lowest BCUT2D eigenvalue weighted by Crippen LogP contribution is -2.33. The molecule has 20 heavy (non-hydrogen) atoms. The maximum absolute atomic E-state index is 12.0. The summed E-state index contributed by atoms with van der Waals surface area (Å²) >= 11 is 11.8. The Morgan fingerprint density at radius 3 is 2.85 bits per heavy atom. The van der Waals surface area contributed by atoms with Crippen molar-refractivity contribution in [3.8, 4) is 0 Å². The Hall–Kier alpha value is -1.52. The van der Waals surface area contributed by atoms with Crippen LogP contribution in [-0.2, 0) is 9.59 Å². The van der Waals surface area contributed by atoms with Crippen LogP contribution in [-0.4, -0.2) is 24.9 Å². The number of halogens is 2. The number of amides is 2. The van der Waals surface area contributed by atoms with Crippen LogP contribution in [0.15, 0.2) is 30.9 Å². The fourth-order valence-corrected chi connectivity index (χ4v) is 2.40. The highest BCUT2D eigenvalue weighted by atomic mass is 35.5. The molecule has 0 aromatic heterocycles. The molecule has 0 aliphatic carbocycles. The average Bonchev–Trinajstić information content (AvgIpc) is 2.81.